The van der Waals surface area contributed by atoms with Crippen molar-refractivity contribution in [3.05, 3.63) is 95.7 Å². The largest absolute Gasteiger partial charge is 0.486 e. The molecule has 1 saturated heterocycles. The summed E-state index contributed by atoms with van der Waals surface area (Å²) in [7, 11) is 0. The van der Waals surface area contributed by atoms with E-state index in [1.54, 1.807) is 18.2 Å². The fraction of sp³-hybridized carbons (Fsp3) is 0.0833. The number of amidine groups is 1. The van der Waals surface area contributed by atoms with Crippen molar-refractivity contribution in [1.29, 1.82) is 0 Å². The second-order valence-corrected chi connectivity index (χ2v) is 10.2. The molecule has 1 amide bonds. The first-order valence-corrected chi connectivity index (χ1v) is 12.5. The van der Waals surface area contributed by atoms with Gasteiger partial charge in [-0.05, 0) is 82.2 Å². The minimum Gasteiger partial charge on any atom is -0.486 e. The third-order valence-electron chi connectivity index (χ3n) is 4.76. The molecule has 4 rings (SSSR count). The van der Waals surface area contributed by atoms with E-state index in [2.05, 4.69) is 26.2 Å². The number of benzene rings is 3. The first-order chi connectivity index (χ1) is 15.8. The van der Waals surface area contributed by atoms with Gasteiger partial charge in [0.2, 0.25) is 0 Å². The van der Waals surface area contributed by atoms with E-state index in [0.29, 0.717) is 41.1 Å². The molecule has 0 aliphatic carbocycles. The molecule has 1 aliphatic heterocycles. The molecule has 0 spiro atoms. The van der Waals surface area contributed by atoms with E-state index in [0.717, 1.165) is 16.7 Å². The normalized spacial score (nSPS) is 15.8. The number of nitrogens with zero attached hydrogens (tertiary/aromatic N) is 1. The van der Waals surface area contributed by atoms with Gasteiger partial charge in [0.25, 0.3) is 5.91 Å². The molecule has 1 fully saturated rings. The maximum atomic E-state index is 12.5. The van der Waals surface area contributed by atoms with Gasteiger partial charge in [0.1, 0.15) is 6.61 Å². The molecule has 3 aromatic carbocycles. The zero-order valence-corrected chi connectivity index (χ0v) is 21.8. The van der Waals surface area contributed by atoms with Crippen LogP contribution in [-0.2, 0) is 11.4 Å². The van der Waals surface area contributed by atoms with Crippen LogP contribution in [0.3, 0.4) is 0 Å². The molecular weight excluding hydrogens is 567 g/mol. The summed E-state index contributed by atoms with van der Waals surface area (Å²) >= 11 is 23.6. The predicted octanol–water partition coefficient (Wildman–Crippen LogP) is 8.19. The van der Waals surface area contributed by atoms with Crippen LogP contribution in [0, 0.1) is 6.92 Å². The summed E-state index contributed by atoms with van der Waals surface area (Å²) in [5.41, 5.74) is 3.16. The SMILES string of the molecule is Cc1c(Cl)cccc1N=C1NC(=O)/C(=C\c2cc(Cl)c(OCc3ccccc3Cl)c(Br)c2)S1. The van der Waals surface area contributed by atoms with E-state index < -0.39 is 0 Å². The number of nitrogens with one attached hydrogen (secondary N) is 1. The van der Waals surface area contributed by atoms with Crippen LogP contribution in [-0.4, -0.2) is 11.1 Å². The van der Waals surface area contributed by atoms with Crippen LogP contribution in [0.25, 0.3) is 6.08 Å². The number of carbonyl (C=O) groups is 1. The summed E-state index contributed by atoms with van der Waals surface area (Å²) in [4.78, 5) is 17.5. The number of thioether (sulfide) groups is 1. The van der Waals surface area contributed by atoms with Crippen LogP contribution in [0.15, 0.2) is 69.0 Å². The van der Waals surface area contributed by atoms with Crippen LogP contribution in [0.1, 0.15) is 16.7 Å². The van der Waals surface area contributed by atoms with E-state index in [-0.39, 0.29) is 12.5 Å². The average molecular weight is 583 g/mol. The summed E-state index contributed by atoms with van der Waals surface area (Å²) in [6.45, 7) is 2.16. The van der Waals surface area contributed by atoms with Gasteiger partial charge in [-0.3, -0.25) is 4.79 Å². The average Bonchev–Trinajstić information content (AvgIpc) is 3.10. The van der Waals surface area contributed by atoms with Gasteiger partial charge in [0.05, 0.1) is 20.1 Å². The van der Waals surface area contributed by atoms with E-state index in [9.17, 15) is 4.79 Å². The Balaban J connectivity index is 1.53. The minimum absolute atomic E-state index is 0.232. The fourth-order valence-electron chi connectivity index (χ4n) is 3.02. The van der Waals surface area contributed by atoms with Crippen LogP contribution in [0.2, 0.25) is 15.1 Å². The molecule has 1 heterocycles. The second-order valence-electron chi connectivity index (χ2n) is 7.06. The van der Waals surface area contributed by atoms with E-state index in [1.165, 1.54) is 11.8 Å². The molecule has 33 heavy (non-hydrogen) atoms. The topological polar surface area (TPSA) is 50.7 Å². The third kappa shape index (κ3) is 5.76. The van der Waals surface area contributed by atoms with Crippen molar-refractivity contribution in [2.45, 2.75) is 13.5 Å². The number of ether oxygens (including phenoxy) is 1. The summed E-state index contributed by atoms with van der Waals surface area (Å²) in [5, 5.41) is 4.93. The summed E-state index contributed by atoms with van der Waals surface area (Å²) in [6.07, 6.45) is 1.75. The second kappa shape index (κ2) is 10.5. The number of rotatable bonds is 5. The molecule has 0 radical (unpaired) electrons. The van der Waals surface area contributed by atoms with E-state index in [4.69, 9.17) is 39.5 Å². The van der Waals surface area contributed by atoms with Crippen molar-refractivity contribution >= 4 is 85.3 Å². The van der Waals surface area contributed by atoms with Crippen molar-refractivity contribution in [3.63, 3.8) is 0 Å². The number of amides is 1. The Morgan fingerprint density at radius 3 is 2.58 bits per heavy atom. The van der Waals surface area contributed by atoms with Crippen LogP contribution in [0.4, 0.5) is 5.69 Å². The Labute approximate surface area is 219 Å². The minimum atomic E-state index is -0.232. The zero-order valence-electron chi connectivity index (χ0n) is 17.2. The lowest BCUT2D eigenvalue weighted by Gasteiger charge is -2.12. The first-order valence-electron chi connectivity index (χ1n) is 9.72. The van der Waals surface area contributed by atoms with Crippen molar-refractivity contribution in [2.24, 2.45) is 4.99 Å². The Morgan fingerprint density at radius 2 is 1.82 bits per heavy atom. The quantitative estimate of drug-likeness (QED) is 0.309. The summed E-state index contributed by atoms with van der Waals surface area (Å²) in [6, 6.07) is 16.5. The molecule has 0 unspecified atom stereocenters. The van der Waals surface area contributed by atoms with Crippen molar-refractivity contribution in [2.75, 3.05) is 0 Å². The Morgan fingerprint density at radius 1 is 1.06 bits per heavy atom. The molecular formula is C24H16BrCl3N2O2S. The first kappa shape index (κ1) is 24.2. The van der Waals surface area contributed by atoms with Crippen molar-refractivity contribution < 1.29 is 9.53 Å². The van der Waals surface area contributed by atoms with Gasteiger partial charge in [-0.2, -0.15) is 0 Å². The summed E-state index contributed by atoms with van der Waals surface area (Å²) < 4.78 is 6.55. The fourth-order valence-corrected chi connectivity index (χ4v) is 5.21. The maximum absolute atomic E-state index is 12.5. The number of halogens is 4. The highest BCUT2D eigenvalue weighted by Crippen LogP contribution is 2.37. The number of aliphatic imine (C=N–C) groups is 1. The molecule has 0 aromatic heterocycles. The zero-order chi connectivity index (χ0) is 23.5. The molecule has 0 atom stereocenters. The number of hydrogen-bond donors (Lipinski definition) is 1. The Bertz CT molecular complexity index is 1290. The molecule has 4 nitrogen and oxygen atoms in total. The molecule has 9 heteroatoms. The predicted molar refractivity (Wildman–Crippen MR) is 142 cm³/mol. The highest BCUT2D eigenvalue weighted by Gasteiger charge is 2.24. The maximum Gasteiger partial charge on any atom is 0.264 e. The lowest BCUT2D eigenvalue weighted by atomic mass is 10.2. The summed E-state index contributed by atoms with van der Waals surface area (Å²) in [5.74, 6) is 0.269. The smallest absolute Gasteiger partial charge is 0.264 e. The molecule has 0 bridgehead atoms. The van der Waals surface area contributed by atoms with Gasteiger partial charge < -0.3 is 10.1 Å². The van der Waals surface area contributed by atoms with Gasteiger partial charge in [0, 0.05) is 15.6 Å². The highest BCUT2D eigenvalue weighted by molar-refractivity contribution is 9.10. The third-order valence-corrected chi connectivity index (χ3v) is 7.32. The number of carbonyl (C=O) groups excluding carboxylic acids is 1. The van der Waals surface area contributed by atoms with Gasteiger partial charge in [-0.25, -0.2) is 4.99 Å². The van der Waals surface area contributed by atoms with Crippen LogP contribution in [0.5, 0.6) is 5.75 Å². The van der Waals surface area contributed by atoms with Gasteiger partial charge in [-0.15, -0.1) is 0 Å². The molecule has 0 saturated carbocycles. The van der Waals surface area contributed by atoms with Gasteiger partial charge in [-0.1, -0.05) is 59.1 Å². The van der Waals surface area contributed by atoms with Gasteiger partial charge in [0.15, 0.2) is 10.9 Å². The Kier molecular flexibility index (Phi) is 7.72. The molecule has 1 N–H and O–H groups in total. The standard InChI is InChI=1S/C24H16BrCl3N2O2S/c1-13-17(26)7-4-8-20(13)29-24-30-23(31)21(33-24)11-14-9-16(25)22(19(28)10-14)32-12-15-5-2-3-6-18(15)27/h2-11H,12H2,1H3,(H,29,30,31)/b21-11+. The lowest BCUT2D eigenvalue weighted by Crippen LogP contribution is -2.19. The number of hydrogen-bond acceptors (Lipinski definition) is 4. The Hall–Kier alpha value is -1.96. The lowest BCUT2D eigenvalue weighted by molar-refractivity contribution is -0.115. The van der Waals surface area contributed by atoms with Crippen LogP contribution >= 0.6 is 62.5 Å². The van der Waals surface area contributed by atoms with E-state index >= 15 is 0 Å². The molecule has 168 valence electrons. The van der Waals surface area contributed by atoms with E-state index in [1.807, 2.05) is 49.4 Å². The van der Waals surface area contributed by atoms with Crippen molar-refractivity contribution in [1.82, 2.24) is 5.32 Å². The van der Waals surface area contributed by atoms with Crippen molar-refractivity contribution in [3.8, 4) is 5.75 Å². The monoisotopic (exact) mass is 580 g/mol. The highest BCUT2D eigenvalue weighted by atomic mass is 79.9. The van der Waals surface area contributed by atoms with Crippen LogP contribution < -0.4 is 10.1 Å². The molecule has 3 aromatic rings. The van der Waals surface area contributed by atoms with Gasteiger partial charge >= 0.3 is 0 Å². The molecule has 1 aliphatic rings.